The SMILES string of the molecule is Cc1c(C(=O)[O-])sc2nc(C[NH+]3CCOCC3)[nH]c(=O)c12. The van der Waals surface area contributed by atoms with Gasteiger partial charge in [0, 0.05) is 0 Å². The molecule has 0 atom stereocenters. The summed E-state index contributed by atoms with van der Waals surface area (Å²) >= 11 is 0.995. The lowest BCUT2D eigenvalue weighted by atomic mass is 10.2. The molecule has 1 aliphatic heterocycles. The van der Waals surface area contributed by atoms with Crippen LogP contribution < -0.4 is 15.6 Å². The first-order chi connectivity index (χ1) is 10.1. The van der Waals surface area contributed by atoms with Crippen LogP contribution in [0.4, 0.5) is 0 Å². The van der Waals surface area contributed by atoms with Crippen LogP contribution in [-0.2, 0) is 11.3 Å². The smallest absolute Gasteiger partial charge is 0.260 e. The van der Waals surface area contributed by atoms with Gasteiger partial charge >= 0.3 is 0 Å². The van der Waals surface area contributed by atoms with Crippen LogP contribution in [0.1, 0.15) is 21.1 Å². The molecule has 1 aliphatic rings. The largest absolute Gasteiger partial charge is 0.544 e. The molecule has 7 nitrogen and oxygen atoms in total. The Morgan fingerprint density at radius 1 is 1.48 bits per heavy atom. The van der Waals surface area contributed by atoms with Gasteiger partial charge in [-0.1, -0.05) is 0 Å². The maximum atomic E-state index is 12.2. The number of H-pyrrole nitrogens is 1. The molecule has 1 fully saturated rings. The van der Waals surface area contributed by atoms with Gasteiger partial charge in [-0.25, -0.2) is 4.98 Å². The first kappa shape index (κ1) is 14.2. The molecule has 1 saturated heterocycles. The van der Waals surface area contributed by atoms with Crippen LogP contribution in [0.15, 0.2) is 4.79 Å². The number of aromatic carboxylic acids is 1. The molecule has 2 aromatic heterocycles. The number of fused-ring (bicyclic) bond motifs is 1. The average Bonchev–Trinajstić information content (AvgIpc) is 2.77. The highest BCUT2D eigenvalue weighted by molar-refractivity contribution is 7.20. The van der Waals surface area contributed by atoms with Gasteiger partial charge in [0.1, 0.15) is 24.5 Å². The van der Waals surface area contributed by atoms with E-state index >= 15 is 0 Å². The molecule has 0 spiro atoms. The Balaban J connectivity index is 1.98. The minimum Gasteiger partial charge on any atom is -0.544 e. The van der Waals surface area contributed by atoms with Crippen molar-refractivity contribution in [3.63, 3.8) is 0 Å². The summed E-state index contributed by atoms with van der Waals surface area (Å²) in [6, 6.07) is 0. The number of carbonyl (C=O) groups is 1. The Morgan fingerprint density at radius 2 is 2.19 bits per heavy atom. The maximum Gasteiger partial charge on any atom is 0.260 e. The third-order valence-corrected chi connectivity index (χ3v) is 4.82. The van der Waals surface area contributed by atoms with Gasteiger partial charge in [0.2, 0.25) is 0 Å². The Labute approximate surface area is 124 Å². The third-order valence-electron chi connectivity index (χ3n) is 3.65. The quantitative estimate of drug-likeness (QED) is 0.688. The van der Waals surface area contributed by atoms with Crippen molar-refractivity contribution < 1.29 is 19.5 Å². The molecule has 0 amide bonds. The fourth-order valence-corrected chi connectivity index (χ4v) is 3.58. The number of ether oxygens (including phenoxy) is 1. The lowest BCUT2D eigenvalue weighted by Crippen LogP contribution is -3.12. The van der Waals surface area contributed by atoms with Gasteiger partial charge in [-0.3, -0.25) is 4.79 Å². The molecule has 2 N–H and O–H groups in total. The normalized spacial score (nSPS) is 16.4. The van der Waals surface area contributed by atoms with Crippen molar-refractivity contribution in [2.24, 2.45) is 0 Å². The molecule has 8 heteroatoms. The Kier molecular flexibility index (Phi) is 3.75. The number of thiophene rings is 1. The summed E-state index contributed by atoms with van der Waals surface area (Å²) in [5.74, 6) is -0.689. The van der Waals surface area contributed by atoms with Crippen LogP contribution in [0, 0.1) is 6.92 Å². The van der Waals surface area contributed by atoms with E-state index in [1.165, 1.54) is 4.90 Å². The van der Waals surface area contributed by atoms with Crippen molar-refractivity contribution >= 4 is 27.5 Å². The molecule has 0 saturated carbocycles. The molecule has 3 rings (SSSR count). The highest BCUT2D eigenvalue weighted by Gasteiger charge is 2.18. The Hall–Kier alpha value is -1.77. The summed E-state index contributed by atoms with van der Waals surface area (Å²) < 4.78 is 5.29. The van der Waals surface area contributed by atoms with Gasteiger partial charge in [0.15, 0.2) is 5.82 Å². The minimum atomic E-state index is -1.27. The Morgan fingerprint density at radius 3 is 2.86 bits per heavy atom. The predicted molar refractivity (Wildman–Crippen MR) is 74.5 cm³/mol. The number of rotatable bonds is 3. The van der Waals surface area contributed by atoms with E-state index in [-0.39, 0.29) is 10.4 Å². The van der Waals surface area contributed by atoms with Gasteiger partial charge in [-0.2, -0.15) is 0 Å². The fraction of sp³-hybridized carbons (Fsp3) is 0.462. The number of aromatic nitrogens is 2. The van der Waals surface area contributed by atoms with Crippen molar-refractivity contribution in [2.75, 3.05) is 26.3 Å². The monoisotopic (exact) mass is 309 g/mol. The van der Waals surface area contributed by atoms with Gasteiger partial charge in [-0.05, 0) is 12.5 Å². The molecule has 0 bridgehead atoms. The minimum absolute atomic E-state index is 0.0684. The molecule has 0 aromatic carbocycles. The van der Waals surface area contributed by atoms with E-state index < -0.39 is 5.97 Å². The molecular weight excluding hydrogens is 294 g/mol. The number of carbonyl (C=O) groups excluding carboxylic acids is 1. The van der Waals surface area contributed by atoms with Crippen LogP contribution in [-0.4, -0.2) is 42.2 Å². The summed E-state index contributed by atoms with van der Waals surface area (Å²) in [5.41, 5.74) is 0.137. The molecule has 112 valence electrons. The van der Waals surface area contributed by atoms with E-state index in [1.807, 2.05) is 0 Å². The first-order valence-corrected chi connectivity index (χ1v) is 7.53. The van der Waals surface area contributed by atoms with Crippen molar-refractivity contribution in [3.05, 3.63) is 26.6 Å². The van der Waals surface area contributed by atoms with E-state index in [1.54, 1.807) is 6.92 Å². The van der Waals surface area contributed by atoms with Crippen LogP contribution in [0.2, 0.25) is 0 Å². The summed E-state index contributed by atoms with van der Waals surface area (Å²) in [6.07, 6.45) is 0. The van der Waals surface area contributed by atoms with E-state index in [2.05, 4.69) is 9.97 Å². The zero-order valence-corrected chi connectivity index (χ0v) is 12.3. The summed E-state index contributed by atoms with van der Waals surface area (Å²) in [6.45, 7) is 5.36. The van der Waals surface area contributed by atoms with E-state index in [0.29, 0.717) is 41.4 Å². The van der Waals surface area contributed by atoms with Gasteiger partial charge in [-0.15, -0.1) is 11.3 Å². The molecule has 0 unspecified atom stereocenters. The molecule has 2 aromatic rings. The number of carboxylic acid groups (broad SMARTS) is 1. The zero-order chi connectivity index (χ0) is 15.0. The van der Waals surface area contributed by atoms with Crippen molar-refractivity contribution in [3.8, 4) is 0 Å². The topological polar surface area (TPSA) is 99.5 Å². The molecule has 0 radical (unpaired) electrons. The van der Waals surface area contributed by atoms with Crippen molar-refractivity contribution in [2.45, 2.75) is 13.5 Å². The Bertz CT molecular complexity index is 746. The summed E-state index contributed by atoms with van der Waals surface area (Å²) in [4.78, 5) is 32.2. The molecular formula is C13H15N3O4S. The third kappa shape index (κ3) is 2.69. The molecule has 21 heavy (non-hydrogen) atoms. The van der Waals surface area contributed by atoms with Crippen LogP contribution in [0.5, 0.6) is 0 Å². The second kappa shape index (κ2) is 5.55. The number of nitrogens with zero attached hydrogens (tertiary/aromatic N) is 1. The zero-order valence-electron chi connectivity index (χ0n) is 11.5. The predicted octanol–water partition coefficient (Wildman–Crippen LogP) is -1.93. The first-order valence-electron chi connectivity index (χ1n) is 6.71. The number of hydrogen-bond donors (Lipinski definition) is 2. The lowest BCUT2D eigenvalue weighted by Gasteiger charge is -2.22. The van der Waals surface area contributed by atoms with Crippen LogP contribution in [0.25, 0.3) is 10.2 Å². The summed E-state index contributed by atoms with van der Waals surface area (Å²) in [5, 5.41) is 11.4. The number of carboxylic acids is 1. The second-order valence-electron chi connectivity index (χ2n) is 5.08. The number of morpholine rings is 1. The fourth-order valence-electron chi connectivity index (χ4n) is 2.54. The average molecular weight is 309 g/mol. The standard InChI is InChI=1S/C13H15N3O4S/c1-7-9-11(17)14-8(6-16-2-4-20-5-3-16)15-12(9)21-10(7)13(18)19/h2-6H2,1H3,(H,18,19)(H,14,15,17). The van der Waals surface area contributed by atoms with E-state index in [9.17, 15) is 14.7 Å². The van der Waals surface area contributed by atoms with Crippen LogP contribution in [0.3, 0.4) is 0 Å². The number of aryl methyl sites for hydroxylation is 1. The number of hydrogen-bond acceptors (Lipinski definition) is 6. The number of aromatic amines is 1. The second-order valence-corrected chi connectivity index (χ2v) is 6.07. The van der Waals surface area contributed by atoms with Crippen molar-refractivity contribution in [1.29, 1.82) is 0 Å². The van der Waals surface area contributed by atoms with Crippen LogP contribution >= 0.6 is 11.3 Å². The number of quaternary nitrogens is 1. The highest BCUT2D eigenvalue weighted by Crippen LogP contribution is 2.26. The van der Waals surface area contributed by atoms with Gasteiger partial charge in [0.25, 0.3) is 5.56 Å². The lowest BCUT2D eigenvalue weighted by molar-refractivity contribution is -0.922. The highest BCUT2D eigenvalue weighted by atomic mass is 32.1. The van der Waals surface area contributed by atoms with Gasteiger partial charge in [0.05, 0.1) is 29.4 Å². The van der Waals surface area contributed by atoms with E-state index in [0.717, 1.165) is 24.4 Å². The summed E-state index contributed by atoms with van der Waals surface area (Å²) in [7, 11) is 0. The van der Waals surface area contributed by atoms with Crippen molar-refractivity contribution in [1.82, 2.24) is 9.97 Å². The molecule has 3 heterocycles. The number of nitrogens with one attached hydrogen (secondary N) is 2. The van der Waals surface area contributed by atoms with Gasteiger partial charge < -0.3 is 24.5 Å². The van der Waals surface area contributed by atoms with E-state index in [4.69, 9.17) is 4.74 Å². The maximum absolute atomic E-state index is 12.2. The molecule has 0 aliphatic carbocycles.